The average molecular weight is 637 g/mol. The molecular formula is C32H36N4O6S2. The molecule has 5 aromatic rings. The first kappa shape index (κ1) is 31.3. The molecule has 0 bridgehead atoms. The number of aromatic carboxylic acids is 1. The number of hydrogen-bond donors (Lipinski definition) is 1. The summed E-state index contributed by atoms with van der Waals surface area (Å²) in [5, 5.41) is 11.3. The lowest BCUT2D eigenvalue weighted by molar-refractivity contribution is 0.0687. The maximum absolute atomic E-state index is 13.5. The van der Waals surface area contributed by atoms with Gasteiger partial charge in [-0.2, -0.15) is 8.75 Å². The first-order chi connectivity index (χ1) is 21.2. The first-order valence-electron chi connectivity index (χ1n) is 14.6. The zero-order valence-electron chi connectivity index (χ0n) is 25.2. The average Bonchev–Trinajstić information content (AvgIpc) is 3.62. The van der Waals surface area contributed by atoms with Crippen LogP contribution < -0.4 is 13.8 Å². The molecule has 0 spiro atoms. The van der Waals surface area contributed by atoms with E-state index in [4.69, 9.17) is 9.47 Å². The quantitative estimate of drug-likeness (QED) is 0.141. The molecule has 0 aliphatic heterocycles. The minimum atomic E-state index is -3.60. The second-order valence-corrected chi connectivity index (χ2v) is 13.1. The highest BCUT2D eigenvalue weighted by molar-refractivity contribution is 7.92. The molecule has 44 heavy (non-hydrogen) atoms. The predicted octanol–water partition coefficient (Wildman–Crippen LogP) is 6.81. The van der Waals surface area contributed by atoms with E-state index in [1.54, 1.807) is 43.1 Å². The van der Waals surface area contributed by atoms with Gasteiger partial charge in [0, 0.05) is 28.6 Å². The zero-order valence-corrected chi connectivity index (χ0v) is 26.9. The van der Waals surface area contributed by atoms with Crippen molar-refractivity contribution in [2.24, 2.45) is 0 Å². The van der Waals surface area contributed by atoms with Gasteiger partial charge in [0.05, 0.1) is 43.9 Å². The minimum absolute atomic E-state index is 0.0443. The van der Waals surface area contributed by atoms with E-state index in [1.165, 1.54) is 4.31 Å². The number of aromatic nitrogens is 3. The molecule has 0 saturated heterocycles. The highest BCUT2D eigenvalue weighted by atomic mass is 32.2. The van der Waals surface area contributed by atoms with Crippen LogP contribution in [0.4, 0.5) is 5.69 Å². The van der Waals surface area contributed by atoms with Crippen molar-refractivity contribution >= 4 is 55.3 Å². The van der Waals surface area contributed by atoms with Crippen LogP contribution in [0.25, 0.3) is 33.1 Å². The largest absolute Gasteiger partial charge is 0.497 e. The fraction of sp³-hybridized carbons (Fsp3) is 0.344. The van der Waals surface area contributed by atoms with Crippen molar-refractivity contribution in [2.45, 2.75) is 46.1 Å². The monoisotopic (exact) mass is 636 g/mol. The number of carboxylic acid groups (broad SMARTS) is 1. The molecular weight excluding hydrogens is 601 g/mol. The van der Waals surface area contributed by atoms with Crippen LogP contribution in [0.2, 0.25) is 0 Å². The lowest BCUT2D eigenvalue weighted by atomic mass is 10.0. The molecule has 0 radical (unpaired) electrons. The van der Waals surface area contributed by atoms with Crippen LogP contribution in [0.3, 0.4) is 0 Å². The number of fused-ring (bicyclic) bond motifs is 2. The number of unbranched alkanes of at least 4 members (excludes halogenated alkanes) is 2. The first-order valence-corrected chi connectivity index (χ1v) is 16.9. The van der Waals surface area contributed by atoms with Gasteiger partial charge in [0.25, 0.3) is 0 Å². The molecule has 5 rings (SSSR count). The molecule has 0 atom stereocenters. The van der Waals surface area contributed by atoms with Crippen molar-refractivity contribution in [3.63, 3.8) is 0 Å². The minimum Gasteiger partial charge on any atom is -0.497 e. The van der Waals surface area contributed by atoms with Gasteiger partial charge < -0.3 is 19.1 Å². The summed E-state index contributed by atoms with van der Waals surface area (Å²) in [6, 6.07) is 16.3. The second-order valence-electron chi connectivity index (χ2n) is 10.6. The van der Waals surface area contributed by atoms with E-state index in [-0.39, 0.29) is 18.0 Å². The van der Waals surface area contributed by atoms with E-state index in [2.05, 4.69) is 8.75 Å². The number of carbonyl (C=O) groups is 1. The van der Waals surface area contributed by atoms with Crippen molar-refractivity contribution in [1.82, 2.24) is 13.3 Å². The number of methoxy groups -OCH3 is 2. The Balaban J connectivity index is 1.79. The maximum atomic E-state index is 13.5. The van der Waals surface area contributed by atoms with Crippen LogP contribution >= 0.6 is 11.7 Å². The smallest absolute Gasteiger partial charge is 0.353 e. The molecule has 0 fully saturated rings. The van der Waals surface area contributed by atoms with E-state index in [0.717, 1.165) is 30.1 Å². The maximum Gasteiger partial charge on any atom is 0.353 e. The van der Waals surface area contributed by atoms with Gasteiger partial charge in [-0.25, -0.2) is 13.2 Å². The van der Waals surface area contributed by atoms with Crippen LogP contribution in [0.5, 0.6) is 11.5 Å². The van der Waals surface area contributed by atoms with Gasteiger partial charge in [-0.3, -0.25) is 4.31 Å². The van der Waals surface area contributed by atoms with Crippen molar-refractivity contribution in [3.05, 3.63) is 65.9 Å². The van der Waals surface area contributed by atoms with Crippen molar-refractivity contribution in [3.8, 4) is 22.6 Å². The Bertz CT molecular complexity index is 1920. The third-order valence-electron chi connectivity index (χ3n) is 7.70. The van der Waals surface area contributed by atoms with Gasteiger partial charge >= 0.3 is 5.97 Å². The van der Waals surface area contributed by atoms with Gasteiger partial charge in [0.15, 0.2) is 0 Å². The fourth-order valence-corrected chi connectivity index (χ4v) is 7.69. The number of benzene rings is 3. The Labute approximate surface area is 261 Å². The van der Waals surface area contributed by atoms with E-state index in [9.17, 15) is 18.3 Å². The molecule has 2 heterocycles. The van der Waals surface area contributed by atoms with Gasteiger partial charge in [-0.15, -0.1) is 0 Å². The van der Waals surface area contributed by atoms with Gasteiger partial charge in [-0.05, 0) is 66.9 Å². The van der Waals surface area contributed by atoms with Gasteiger partial charge in [-0.1, -0.05) is 32.8 Å². The third-order valence-corrected chi connectivity index (χ3v) is 10.1. The lowest BCUT2D eigenvalue weighted by Gasteiger charge is -2.24. The number of anilines is 1. The van der Waals surface area contributed by atoms with E-state index >= 15 is 0 Å². The molecule has 3 aromatic carbocycles. The Morgan fingerprint density at radius 1 is 0.955 bits per heavy atom. The summed E-state index contributed by atoms with van der Waals surface area (Å²) >= 11 is 1.09. The molecule has 12 heteroatoms. The van der Waals surface area contributed by atoms with Crippen LogP contribution in [0, 0.1) is 0 Å². The van der Waals surface area contributed by atoms with Crippen molar-refractivity contribution < 1.29 is 27.8 Å². The topological polar surface area (TPSA) is 124 Å². The Kier molecular flexibility index (Phi) is 9.40. The molecule has 232 valence electrons. The summed E-state index contributed by atoms with van der Waals surface area (Å²) in [4.78, 5) is 13.1. The zero-order chi connectivity index (χ0) is 31.4. The second kappa shape index (κ2) is 13.2. The summed E-state index contributed by atoms with van der Waals surface area (Å²) in [5.41, 5.74) is 4.45. The predicted molar refractivity (Wildman–Crippen MR) is 175 cm³/mol. The number of ether oxygens (including phenoxy) is 2. The number of rotatable bonds is 14. The lowest BCUT2D eigenvalue weighted by Crippen LogP contribution is -2.34. The van der Waals surface area contributed by atoms with Crippen LogP contribution in [0.15, 0.2) is 54.6 Å². The number of hydrogen-bond acceptors (Lipinski definition) is 8. The molecule has 0 amide bonds. The van der Waals surface area contributed by atoms with Crippen LogP contribution in [-0.2, 0) is 16.6 Å². The summed E-state index contributed by atoms with van der Waals surface area (Å²) < 4.78 is 50.0. The molecule has 0 aliphatic carbocycles. The normalized spacial score (nSPS) is 11.7. The molecule has 10 nitrogen and oxygen atoms in total. The summed E-state index contributed by atoms with van der Waals surface area (Å²) in [6.45, 7) is 4.50. The SMILES string of the molecule is CCCCN(c1ccc2c(c1)c(-c1ccc3nsnc3c1)c(C(=O)O)n2Cc1cc(OC)ccc1OC)S(=O)(=O)CCCC. The van der Waals surface area contributed by atoms with Crippen LogP contribution in [-0.4, -0.2) is 59.3 Å². The third kappa shape index (κ3) is 6.09. The van der Waals surface area contributed by atoms with E-state index in [0.29, 0.717) is 69.6 Å². The molecule has 0 unspecified atom stereocenters. The van der Waals surface area contributed by atoms with Crippen LogP contribution in [0.1, 0.15) is 55.6 Å². The van der Waals surface area contributed by atoms with E-state index in [1.807, 2.05) is 44.2 Å². The Morgan fingerprint density at radius 2 is 1.73 bits per heavy atom. The molecule has 0 saturated carbocycles. The van der Waals surface area contributed by atoms with Gasteiger partial charge in [0.2, 0.25) is 10.0 Å². The summed E-state index contributed by atoms with van der Waals surface area (Å²) in [7, 11) is -0.463. The van der Waals surface area contributed by atoms with E-state index < -0.39 is 16.0 Å². The van der Waals surface area contributed by atoms with Crippen molar-refractivity contribution in [2.75, 3.05) is 30.8 Å². The van der Waals surface area contributed by atoms with Gasteiger partial charge in [0.1, 0.15) is 28.2 Å². The Morgan fingerprint density at radius 3 is 2.43 bits per heavy atom. The highest BCUT2D eigenvalue weighted by Crippen LogP contribution is 2.40. The molecule has 0 aliphatic rings. The standard InChI is InChI=1S/C32H36N4O6S2/c1-5-7-15-36(44(39,40)16-8-6-2)23-10-13-28-25(19-23)30(21-9-12-26-27(18-21)34-43-33-26)31(32(37)38)35(28)20-22-17-24(41-3)11-14-29(22)42-4/h9-14,17-19H,5-8,15-16,20H2,1-4H3,(H,37,38). The fourth-order valence-electron chi connectivity index (χ4n) is 5.46. The number of carboxylic acids is 1. The number of nitrogens with zero attached hydrogens (tertiary/aromatic N) is 4. The summed E-state index contributed by atoms with van der Waals surface area (Å²) in [6.07, 6.45) is 2.84. The van der Waals surface area contributed by atoms with Crippen molar-refractivity contribution in [1.29, 1.82) is 0 Å². The molecule has 2 aromatic heterocycles. The molecule has 1 N–H and O–H groups in total. The number of sulfonamides is 1. The summed E-state index contributed by atoms with van der Waals surface area (Å²) in [5.74, 6) is 0.129. The highest BCUT2D eigenvalue weighted by Gasteiger charge is 2.28. The Hall–Kier alpha value is -4.16.